The van der Waals surface area contributed by atoms with Gasteiger partial charge >= 0.3 is 0 Å². The van der Waals surface area contributed by atoms with Crippen molar-refractivity contribution < 1.29 is 9.26 Å². The highest BCUT2D eigenvalue weighted by Crippen LogP contribution is 2.21. The summed E-state index contributed by atoms with van der Waals surface area (Å²) in [6, 6.07) is -0.164. The average Bonchev–Trinajstić information content (AvgIpc) is 2.78. The van der Waals surface area contributed by atoms with Crippen LogP contribution in [0.3, 0.4) is 0 Å². The lowest BCUT2D eigenvalue weighted by Crippen LogP contribution is -2.35. The molecule has 2 N–H and O–H groups in total. The highest BCUT2D eigenvalue weighted by atomic mass is 16.5. The first kappa shape index (κ1) is 12.5. The molecule has 17 heavy (non-hydrogen) atoms. The van der Waals surface area contributed by atoms with Gasteiger partial charge in [-0.3, -0.25) is 0 Å². The summed E-state index contributed by atoms with van der Waals surface area (Å²) in [4.78, 5) is 6.52. The van der Waals surface area contributed by atoms with Gasteiger partial charge < -0.3 is 19.9 Å². The number of hydrogen-bond donors (Lipinski definition) is 1. The van der Waals surface area contributed by atoms with Crippen LogP contribution in [0.4, 0.5) is 0 Å². The molecule has 1 saturated heterocycles. The molecule has 1 aromatic rings. The second-order valence-electron chi connectivity index (χ2n) is 4.51. The third-order valence-corrected chi connectivity index (χ3v) is 2.93. The maximum atomic E-state index is 5.93. The van der Waals surface area contributed by atoms with Gasteiger partial charge in [0.1, 0.15) is 6.10 Å². The molecule has 0 spiro atoms. The Kier molecular flexibility index (Phi) is 4.09. The number of hydrogen-bond acceptors (Lipinski definition) is 6. The molecule has 1 unspecified atom stereocenters. The van der Waals surface area contributed by atoms with E-state index in [1.54, 1.807) is 0 Å². The summed E-state index contributed by atoms with van der Waals surface area (Å²) in [5.74, 6) is 1.12. The lowest BCUT2D eigenvalue weighted by molar-refractivity contribution is -0.0264. The van der Waals surface area contributed by atoms with Crippen LogP contribution in [0.5, 0.6) is 0 Å². The van der Waals surface area contributed by atoms with E-state index in [0.717, 1.165) is 25.9 Å². The van der Waals surface area contributed by atoms with Gasteiger partial charge in [-0.15, -0.1) is 0 Å². The Hall–Kier alpha value is -0.980. The molecule has 2 heterocycles. The molecule has 1 fully saturated rings. The molecular weight excluding hydrogens is 220 g/mol. The molecule has 2 atom stereocenters. The molecule has 1 aliphatic heterocycles. The maximum absolute atomic E-state index is 5.93. The first-order chi connectivity index (χ1) is 8.20. The van der Waals surface area contributed by atoms with Crippen LogP contribution in [-0.4, -0.2) is 41.8 Å². The van der Waals surface area contributed by atoms with Crippen LogP contribution in [0.25, 0.3) is 0 Å². The molecule has 0 aliphatic carbocycles. The third kappa shape index (κ3) is 3.02. The van der Waals surface area contributed by atoms with Gasteiger partial charge in [-0.05, 0) is 13.5 Å². The fraction of sp³-hybridized carbons (Fsp3) is 0.818. The molecule has 0 amide bonds. The number of aromatic nitrogens is 2. The molecule has 1 aromatic heterocycles. The van der Waals surface area contributed by atoms with Crippen molar-refractivity contribution in [2.75, 3.05) is 26.7 Å². The second kappa shape index (κ2) is 5.57. The molecule has 0 aromatic carbocycles. The van der Waals surface area contributed by atoms with Gasteiger partial charge in [-0.2, -0.15) is 4.98 Å². The SMILES string of the molecule is CCC[C@@H](N)c1nc(C2CN(C)CCO2)no1. The zero-order valence-electron chi connectivity index (χ0n) is 10.4. The molecular formula is C11H20N4O2. The Morgan fingerprint density at radius 3 is 3.12 bits per heavy atom. The predicted octanol–water partition coefficient (Wildman–Crippen LogP) is 0.873. The molecule has 0 saturated carbocycles. The van der Waals surface area contributed by atoms with Crippen LogP contribution < -0.4 is 5.73 Å². The van der Waals surface area contributed by atoms with Gasteiger partial charge in [0.15, 0.2) is 0 Å². The van der Waals surface area contributed by atoms with Gasteiger partial charge in [-0.25, -0.2) is 0 Å². The van der Waals surface area contributed by atoms with Crippen molar-refractivity contribution in [3.8, 4) is 0 Å². The topological polar surface area (TPSA) is 77.4 Å². The summed E-state index contributed by atoms with van der Waals surface area (Å²) >= 11 is 0. The summed E-state index contributed by atoms with van der Waals surface area (Å²) in [6.45, 7) is 4.51. The third-order valence-electron chi connectivity index (χ3n) is 2.93. The zero-order chi connectivity index (χ0) is 12.3. The molecule has 2 rings (SSSR count). The van der Waals surface area contributed by atoms with E-state index >= 15 is 0 Å². The number of nitrogens with zero attached hydrogens (tertiary/aromatic N) is 3. The molecule has 6 heteroatoms. The van der Waals surface area contributed by atoms with Crippen LogP contribution in [0.15, 0.2) is 4.52 Å². The quantitative estimate of drug-likeness (QED) is 0.841. The van der Waals surface area contributed by atoms with E-state index in [2.05, 4.69) is 29.0 Å². The first-order valence-electron chi connectivity index (χ1n) is 6.10. The van der Waals surface area contributed by atoms with Crippen molar-refractivity contribution in [1.82, 2.24) is 15.0 Å². The van der Waals surface area contributed by atoms with Gasteiger partial charge in [0.2, 0.25) is 11.7 Å². The van der Waals surface area contributed by atoms with Gasteiger partial charge in [0.25, 0.3) is 0 Å². The molecule has 1 aliphatic rings. The Bertz CT molecular complexity index is 355. The molecule has 6 nitrogen and oxygen atoms in total. The predicted molar refractivity (Wildman–Crippen MR) is 62.3 cm³/mol. The van der Waals surface area contributed by atoms with Crippen LogP contribution in [0.1, 0.15) is 43.6 Å². The average molecular weight is 240 g/mol. The Morgan fingerprint density at radius 1 is 1.59 bits per heavy atom. The second-order valence-corrected chi connectivity index (χ2v) is 4.51. The van der Waals surface area contributed by atoms with E-state index in [-0.39, 0.29) is 12.1 Å². The molecule has 0 radical (unpaired) electrons. The highest BCUT2D eigenvalue weighted by molar-refractivity contribution is 4.96. The smallest absolute Gasteiger partial charge is 0.243 e. The van der Waals surface area contributed by atoms with Gasteiger partial charge in [0.05, 0.1) is 12.6 Å². The Balaban J connectivity index is 2.02. The van der Waals surface area contributed by atoms with E-state index in [0.29, 0.717) is 18.3 Å². The minimum absolute atomic E-state index is 0.0972. The minimum atomic E-state index is -0.164. The summed E-state index contributed by atoms with van der Waals surface area (Å²) in [7, 11) is 2.05. The fourth-order valence-electron chi connectivity index (χ4n) is 1.90. The van der Waals surface area contributed by atoms with Crippen molar-refractivity contribution in [2.45, 2.75) is 31.9 Å². The minimum Gasteiger partial charge on any atom is -0.367 e. The van der Waals surface area contributed by atoms with Crippen LogP contribution in [0.2, 0.25) is 0 Å². The summed E-state index contributed by atoms with van der Waals surface area (Å²) in [5.41, 5.74) is 5.93. The van der Waals surface area contributed by atoms with E-state index in [1.807, 2.05) is 0 Å². The number of nitrogens with two attached hydrogens (primary N) is 1. The van der Waals surface area contributed by atoms with Crippen LogP contribution >= 0.6 is 0 Å². The van der Waals surface area contributed by atoms with Crippen molar-refractivity contribution in [1.29, 1.82) is 0 Å². The number of ether oxygens (including phenoxy) is 1. The number of morpholine rings is 1. The van der Waals surface area contributed by atoms with E-state index in [4.69, 9.17) is 15.0 Å². The molecule has 0 bridgehead atoms. The summed E-state index contributed by atoms with van der Waals surface area (Å²) in [6.07, 6.45) is 1.76. The van der Waals surface area contributed by atoms with E-state index < -0.39 is 0 Å². The zero-order valence-corrected chi connectivity index (χ0v) is 10.4. The number of rotatable bonds is 4. The van der Waals surface area contributed by atoms with Gasteiger partial charge in [0, 0.05) is 13.1 Å². The largest absolute Gasteiger partial charge is 0.367 e. The first-order valence-corrected chi connectivity index (χ1v) is 6.10. The van der Waals surface area contributed by atoms with Gasteiger partial charge in [-0.1, -0.05) is 18.5 Å². The lowest BCUT2D eigenvalue weighted by Gasteiger charge is -2.27. The Labute approximate surface area is 101 Å². The lowest BCUT2D eigenvalue weighted by atomic mass is 10.2. The summed E-state index contributed by atoms with van der Waals surface area (Å²) < 4.78 is 10.8. The highest BCUT2D eigenvalue weighted by Gasteiger charge is 2.25. The standard InChI is InChI=1S/C11H20N4O2/c1-3-4-8(12)11-13-10(14-17-11)9-7-15(2)5-6-16-9/h8-9H,3-7,12H2,1-2H3/t8-,9?/m1/s1. The van der Waals surface area contributed by atoms with Crippen molar-refractivity contribution in [3.05, 3.63) is 11.7 Å². The van der Waals surface area contributed by atoms with Crippen molar-refractivity contribution in [2.24, 2.45) is 5.73 Å². The monoisotopic (exact) mass is 240 g/mol. The van der Waals surface area contributed by atoms with E-state index in [9.17, 15) is 0 Å². The fourth-order valence-corrected chi connectivity index (χ4v) is 1.90. The maximum Gasteiger partial charge on any atom is 0.243 e. The van der Waals surface area contributed by atoms with Crippen molar-refractivity contribution >= 4 is 0 Å². The molecule has 96 valence electrons. The number of likely N-dealkylation sites (N-methyl/N-ethyl adjacent to an activating group) is 1. The normalized spacial score (nSPS) is 23.8. The van der Waals surface area contributed by atoms with Crippen LogP contribution in [0, 0.1) is 0 Å². The Morgan fingerprint density at radius 2 is 2.41 bits per heavy atom. The van der Waals surface area contributed by atoms with Crippen LogP contribution in [-0.2, 0) is 4.74 Å². The summed E-state index contributed by atoms with van der Waals surface area (Å²) in [5, 5.41) is 3.96. The van der Waals surface area contributed by atoms with E-state index in [1.165, 1.54) is 0 Å². The van der Waals surface area contributed by atoms with Crippen molar-refractivity contribution in [3.63, 3.8) is 0 Å².